The van der Waals surface area contributed by atoms with Crippen molar-refractivity contribution in [1.82, 2.24) is 5.32 Å². The maximum absolute atomic E-state index is 12.6. The molecule has 3 aliphatic rings. The molecule has 1 heterocycles. The summed E-state index contributed by atoms with van der Waals surface area (Å²) in [5.41, 5.74) is 2.51. The molecule has 1 aromatic carbocycles. The Hall–Kier alpha value is -0.920. The van der Waals surface area contributed by atoms with Crippen LogP contribution in [-0.2, 0) is 16.8 Å². The van der Waals surface area contributed by atoms with Gasteiger partial charge < -0.3 is 10.1 Å². The van der Waals surface area contributed by atoms with Gasteiger partial charge in [-0.05, 0) is 56.7 Å². The minimum Gasteiger partial charge on any atom is -0.347 e. The van der Waals surface area contributed by atoms with Gasteiger partial charge in [0.25, 0.3) is 0 Å². The van der Waals surface area contributed by atoms with Gasteiger partial charge in [0.05, 0.1) is 11.8 Å². The number of thiocarbonyl (C=S) groups is 1. The maximum atomic E-state index is 12.6. The number of rotatable bonds is 2. The predicted molar refractivity (Wildman–Crippen MR) is 100 cm³/mol. The molecule has 4 rings (SSSR count). The van der Waals surface area contributed by atoms with E-state index in [2.05, 4.69) is 33.4 Å². The molecule has 3 nitrogen and oxygen atoms in total. The summed E-state index contributed by atoms with van der Waals surface area (Å²) >= 11 is 9.03. The molecule has 1 atom stereocenters. The summed E-state index contributed by atoms with van der Waals surface area (Å²) < 4.78 is 30.9. The summed E-state index contributed by atoms with van der Waals surface area (Å²) in [6.07, 6.45) is 3.29. The van der Waals surface area contributed by atoms with Crippen molar-refractivity contribution < 1.29 is 13.5 Å². The summed E-state index contributed by atoms with van der Waals surface area (Å²) in [6.45, 7) is -0.776. The number of ether oxygens (including phenoxy) is 1. The molecule has 7 heteroatoms. The van der Waals surface area contributed by atoms with Crippen LogP contribution in [0.25, 0.3) is 0 Å². The van der Waals surface area contributed by atoms with E-state index in [1.54, 1.807) is 0 Å². The Bertz CT molecular complexity index is 761. The second-order valence-electron chi connectivity index (χ2n) is 7.22. The van der Waals surface area contributed by atoms with E-state index in [-0.39, 0.29) is 11.5 Å². The van der Waals surface area contributed by atoms with Crippen LogP contribution in [-0.4, -0.2) is 23.4 Å². The molecule has 1 N–H and O–H groups in total. The van der Waals surface area contributed by atoms with Crippen LogP contribution in [0.4, 0.5) is 8.78 Å². The third kappa shape index (κ3) is 2.66. The van der Waals surface area contributed by atoms with Crippen LogP contribution in [0, 0.1) is 5.41 Å². The lowest BCUT2D eigenvalue weighted by Gasteiger charge is -2.46. The highest BCUT2D eigenvalue weighted by molar-refractivity contribution is 9.10. The van der Waals surface area contributed by atoms with Gasteiger partial charge in [-0.3, -0.25) is 4.99 Å². The van der Waals surface area contributed by atoms with Crippen LogP contribution in [0.5, 0.6) is 0 Å². The number of hydrogen-bond acceptors (Lipinski definition) is 3. The highest BCUT2D eigenvalue weighted by Gasteiger charge is 2.61. The summed E-state index contributed by atoms with van der Waals surface area (Å²) in [6, 6.07) is 6.29. The molecule has 0 saturated heterocycles. The minimum absolute atomic E-state index is 0.153. The van der Waals surface area contributed by atoms with Crippen molar-refractivity contribution in [2.75, 3.05) is 0 Å². The van der Waals surface area contributed by atoms with Crippen LogP contribution in [0.1, 0.15) is 43.7 Å². The molecule has 0 bridgehead atoms. The van der Waals surface area contributed by atoms with Gasteiger partial charge in [-0.15, -0.1) is 0 Å². The highest BCUT2D eigenvalue weighted by atomic mass is 79.9. The van der Waals surface area contributed by atoms with Crippen LogP contribution in [0.15, 0.2) is 27.7 Å². The summed E-state index contributed by atoms with van der Waals surface area (Å²) in [5.74, 6) is 0. The second kappa shape index (κ2) is 6.06. The van der Waals surface area contributed by atoms with Gasteiger partial charge in [0.15, 0.2) is 5.66 Å². The lowest BCUT2D eigenvalue weighted by Crippen LogP contribution is -2.52. The third-order valence-corrected chi connectivity index (χ3v) is 6.79. The number of benzene rings is 1. The largest absolute Gasteiger partial charge is 0.347 e. The average Bonchev–Trinajstić information content (AvgIpc) is 2.98. The summed E-state index contributed by atoms with van der Waals surface area (Å²) in [4.78, 5) is 5.68. The van der Waals surface area contributed by atoms with Gasteiger partial charge in [-0.1, -0.05) is 34.2 Å². The molecule has 1 unspecified atom stereocenters. The van der Waals surface area contributed by atoms with E-state index in [1.807, 2.05) is 13.0 Å². The monoisotopic (exact) mass is 428 g/mol. The van der Waals surface area contributed by atoms with Crippen LogP contribution in [0.2, 0.25) is 0 Å². The Morgan fingerprint density at radius 1 is 1.36 bits per heavy atom. The van der Waals surface area contributed by atoms with Crippen LogP contribution in [0.3, 0.4) is 0 Å². The van der Waals surface area contributed by atoms with E-state index in [1.165, 1.54) is 5.56 Å². The van der Waals surface area contributed by atoms with Crippen molar-refractivity contribution in [2.45, 2.75) is 57.4 Å². The molecule has 2 spiro atoms. The molecule has 2 aliphatic carbocycles. The fourth-order valence-electron chi connectivity index (χ4n) is 4.75. The number of fused-ring (bicyclic) bond motifs is 3. The first kappa shape index (κ1) is 17.5. The standard InChI is InChI=1S/C18H19BrF2N2OS/c1-10-15(25)23-18(22-10)14-8-12(19)3-2-11(14)9-17(18)6-4-13(5-7-17)24-16(20)21/h2-3,8,13,16H,4-7,9H2,1H3,(H,23,25). The Kier molecular flexibility index (Phi) is 4.24. The molecule has 1 aromatic rings. The Labute approximate surface area is 159 Å². The maximum Gasteiger partial charge on any atom is 0.345 e. The first-order chi connectivity index (χ1) is 11.9. The molecule has 134 valence electrons. The van der Waals surface area contributed by atoms with Gasteiger partial charge in [-0.2, -0.15) is 8.78 Å². The molecular weight excluding hydrogens is 410 g/mol. The molecule has 0 aromatic heterocycles. The molecule has 25 heavy (non-hydrogen) atoms. The van der Waals surface area contributed by atoms with Gasteiger partial charge >= 0.3 is 6.61 Å². The van der Waals surface area contributed by atoms with Crippen molar-refractivity contribution >= 4 is 38.8 Å². The number of halogens is 3. The predicted octanol–water partition coefficient (Wildman–Crippen LogP) is 4.72. The van der Waals surface area contributed by atoms with E-state index in [9.17, 15) is 8.78 Å². The van der Waals surface area contributed by atoms with Crippen molar-refractivity contribution in [3.63, 3.8) is 0 Å². The Morgan fingerprint density at radius 3 is 2.68 bits per heavy atom. The van der Waals surface area contributed by atoms with E-state index < -0.39 is 12.3 Å². The zero-order valence-corrected chi connectivity index (χ0v) is 16.2. The average molecular weight is 429 g/mol. The molecule has 0 radical (unpaired) electrons. The zero-order chi connectivity index (χ0) is 17.8. The van der Waals surface area contributed by atoms with E-state index in [0.29, 0.717) is 17.8 Å². The van der Waals surface area contributed by atoms with Gasteiger partial charge in [0, 0.05) is 15.5 Å². The quantitative estimate of drug-likeness (QED) is 0.691. The lowest BCUT2D eigenvalue weighted by atomic mass is 9.65. The lowest BCUT2D eigenvalue weighted by molar-refractivity contribution is -0.177. The number of nitrogens with zero attached hydrogens (tertiary/aromatic N) is 1. The van der Waals surface area contributed by atoms with Crippen molar-refractivity contribution in [3.8, 4) is 0 Å². The van der Waals surface area contributed by atoms with Crippen molar-refractivity contribution in [2.24, 2.45) is 10.4 Å². The normalized spacial score (nSPS) is 33.9. The molecule has 1 aliphatic heterocycles. The smallest absolute Gasteiger partial charge is 0.345 e. The molecule has 1 fully saturated rings. The summed E-state index contributed by atoms with van der Waals surface area (Å²) in [7, 11) is 0. The van der Waals surface area contributed by atoms with E-state index >= 15 is 0 Å². The minimum atomic E-state index is -2.71. The number of alkyl halides is 2. The van der Waals surface area contributed by atoms with E-state index in [0.717, 1.165) is 35.0 Å². The fraction of sp³-hybridized carbons (Fsp3) is 0.556. The Balaban J connectivity index is 1.73. The number of aliphatic imine (C=N–C) groups is 1. The van der Waals surface area contributed by atoms with Gasteiger partial charge in [0.1, 0.15) is 4.99 Å². The molecular formula is C18H19BrF2N2OS. The highest BCUT2D eigenvalue weighted by Crippen LogP contribution is 2.60. The zero-order valence-electron chi connectivity index (χ0n) is 13.8. The SMILES string of the molecule is CC1=NC2(NC1=S)c1cc(Br)ccc1CC21CCC(OC(F)F)CC1. The number of hydrogen-bond donors (Lipinski definition) is 1. The van der Waals surface area contributed by atoms with Crippen LogP contribution < -0.4 is 5.32 Å². The number of nitrogens with one attached hydrogen (secondary N) is 1. The van der Waals surface area contributed by atoms with Gasteiger partial charge in [-0.25, -0.2) is 0 Å². The third-order valence-electron chi connectivity index (χ3n) is 5.90. The fourth-order valence-corrected chi connectivity index (χ4v) is 5.30. The van der Waals surface area contributed by atoms with Crippen molar-refractivity contribution in [3.05, 3.63) is 33.8 Å². The van der Waals surface area contributed by atoms with E-state index in [4.69, 9.17) is 21.9 Å². The molecule has 0 amide bonds. The Morgan fingerprint density at radius 2 is 2.08 bits per heavy atom. The van der Waals surface area contributed by atoms with Crippen LogP contribution >= 0.6 is 28.1 Å². The van der Waals surface area contributed by atoms with Gasteiger partial charge in [0.2, 0.25) is 0 Å². The first-order valence-corrected chi connectivity index (χ1v) is 9.67. The topological polar surface area (TPSA) is 33.6 Å². The summed E-state index contributed by atoms with van der Waals surface area (Å²) in [5, 5.41) is 3.50. The molecule has 1 saturated carbocycles. The second-order valence-corrected chi connectivity index (χ2v) is 8.54. The first-order valence-electron chi connectivity index (χ1n) is 8.47. The van der Waals surface area contributed by atoms with Crippen molar-refractivity contribution in [1.29, 1.82) is 0 Å².